The summed E-state index contributed by atoms with van der Waals surface area (Å²) < 4.78 is 0. The van der Waals surface area contributed by atoms with Crippen molar-refractivity contribution in [1.82, 2.24) is 4.90 Å². The van der Waals surface area contributed by atoms with Crippen molar-refractivity contribution in [3.05, 3.63) is 0 Å². The van der Waals surface area contributed by atoms with E-state index in [1.165, 1.54) is 12.8 Å². The van der Waals surface area contributed by atoms with Crippen LogP contribution in [0.4, 0.5) is 0 Å². The number of hydrogen-bond acceptors (Lipinski definition) is 2. The van der Waals surface area contributed by atoms with Crippen LogP contribution in [0.2, 0.25) is 0 Å². The summed E-state index contributed by atoms with van der Waals surface area (Å²) in [6.45, 7) is 1.02. The van der Waals surface area contributed by atoms with Gasteiger partial charge in [-0.15, -0.1) is 0 Å². The zero-order valence-electron chi connectivity index (χ0n) is 7.05. The maximum absolute atomic E-state index is 11.4. The molecule has 2 saturated heterocycles. The second kappa shape index (κ2) is 2.59. The molecular weight excluding hydrogens is 138 g/mol. The molecule has 0 N–H and O–H groups in total. The Labute approximate surface area is 67.6 Å². The maximum Gasteiger partial charge on any atom is 0.138 e. The number of ketones is 1. The van der Waals surface area contributed by atoms with Crippen LogP contribution in [0.3, 0.4) is 0 Å². The first kappa shape index (κ1) is 7.29. The molecular formula is C9H15NO. The molecule has 2 bridgehead atoms. The van der Waals surface area contributed by atoms with Crippen LogP contribution >= 0.6 is 0 Å². The van der Waals surface area contributed by atoms with E-state index < -0.39 is 0 Å². The van der Waals surface area contributed by atoms with Gasteiger partial charge in [0.15, 0.2) is 0 Å². The van der Waals surface area contributed by atoms with Gasteiger partial charge in [0.25, 0.3) is 0 Å². The molecule has 2 heterocycles. The maximum atomic E-state index is 11.4. The SMILES string of the molecule is CN1CC2CCCC1CC2=O. The van der Waals surface area contributed by atoms with Crippen molar-refractivity contribution in [2.24, 2.45) is 5.92 Å². The average Bonchev–Trinajstić information content (AvgIpc) is 2.21. The summed E-state index contributed by atoms with van der Waals surface area (Å²) in [6, 6.07) is 0.571. The Morgan fingerprint density at radius 2 is 2.27 bits per heavy atom. The van der Waals surface area contributed by atoms with Gasteiger partial charge in [0.1, 0.15) is 5.78 Å². The van der Waals surface area contributed by atoms with Gasteiger partial charge in [0.2, 0.25) is 0 Å². The van der Waals surface area contributed by atoms with Crippen LogP contribution in [-0.4, -0.2) is 30.3 Å². The zero-order chi connectivity index (χ0) is 7.84. The highest BCUT2D eigenvalue weighted by atomic mass is 16.1. The van der Waals surface area contributed by atoms with E-state index in [1.54, 1.807) is 0 Å². The third-order valence-electron chi connectivity index (χ3n) is 3.11. The molecule has 0 aromatic rings. The van der Waals surface area contributed by atoms with Gasteiger partial charge in [-0.3, -0.25) is 4.79 Å². The van der Waals surface area contributed by atoms with Crippen LogP contribution < -0.4 is 0 Å². The van der Waals surface area contributed by atoms with Crippen LogP contribution in [0.1, 0.15) is 25.7 Å². The summed E-state index contributed by atoms with van der Waals surface area (Å²) in [5, 5.41) is 0. The molecule has 3 fully saturated rings. The Balaban J connectivity index is 2.18. The minimum Gasteiger partial charge on any atom is -0.302 e. The lowest BCUT2D eigenvalue weighted by atomic mass is 9.94. The minimum absolute atomic E-state index is 0.374. The largest absolute Gasteiger partial charge is 0.302 e. The fraction of sp³-hybridized carbons (Fsp3) is 0.889. The van der Waals surface area contributed by atoms with Gasteiger partial charge in [-0.25, -0.2) is 0 Å². The predicted molar refractivity (Wildman–Crippen MR) is 43.4 cm³/mol. The Bertz CT molecular complexity index is 178. The molecule has 0 amide bonds. The van der Waals surface area contributed by atoms with E-state index >= 15 is 0 Å². The molecule has 1 saturated carbocycles. The second-order valence-electron chi connectivity index (χ2n) is 3.89. The van der Waals surface area contributed by atoms with E-state index in [4.69, 9.17) is 0 Å². The van der Waals surface area contributed by atoms with Gasteiger partial charge in [-0.2, -0.15) is 0 Å². The van der Waals surface area contributed by atoms with Gasteiger partial charge in [-0.1, -0.05) is 6.42 Å². The second-order valence-corrected chi connectivity index (χ2v) is 3.89. The number of rotatable bonds is 0. The van der Waals surface area contributed by atoms with Crippen molar-refractivity contribution in [2.45, 2.75) is 31.7 Å². The molecule has 62 valence electrons. The van der Waals surface area contributed by atoms with Crippen molar-refractivity contribution in [3.8, 4) is 0 Å². The van der Waals surface area contributed by atoms with E-state index in [0.29, 0.717) is 17.7 Å². The molecule has 2 heteroatoms. The fourth-order valence-electron chi connectivity index (χ4n) is 2.33. The lowest BCUT2D eigenvalue weighted by Crippen LogP contribution is -2.42. The molecule has 1 aliphatic carbocycles. The van der Waals surface area contributed by atoms with E-state index in [0.717, 1.165) is 19.4 Å². The summed E-state index contributed by atoms with van der Waals surface area (Å²) in [4.78, 5) is 13.8. The van der Waals surface area contributed by atoms with Crippen molar-refractivity contribution in [1.29, 1.82) is 0 Å². The van der Waals surface area contributed by atoms with Gasteiger partial charge in [0, 0.05) is 24.9 Å². The standard InChI is InChI=1S/C9H15NO/c1-10-6-7-3-2-4-8(10)5-9(7)11/h7-8H,2-6H2,1H3. The van der Waals surface area contributed by atoms with Crippen molar-refractivity contribution < 1.29 is 4.79 Å². The fourth-order valence-corrected chi connectivity index (χ4v) is 2.33. The first-order valence-electron chi connectivity index (χ1n) is 4.50. The number of carbonyl (C=O) groups is 1. The number of hydrogen-bond donors (Lipinski definition) is 0. The van der Waals surface area contributed by atoms with E-state index in [1.807, 2.05) is 0 Å². The highest BCUT2D eigenvalue weighted by Gasteiger charge is 2.34. The molecule has 2 nitrogen and oxygen atoms in total. The molecule has 2 atom stereocenters. The number of Topliss-reactive ketones (excluding diaryl/α,β-unsaturated/α-hetero) is 1. The first-order valence-corrected chi connectivity index (χ1v) is 4.50. The van der Waals surface area contributed by atoms with Crippen LogP contribution in [0, 0.1) is 5.92 Å². The summed E-state index contributed by atoms with van der Waals surface area (Å²) >= 11 is 0. The Kier molecular flexibility index (Phi) is 1.72. The van der Waals surface area contributed by atoms with Crippen LogP contribution in [0.5, 0.6) is 0 Å². The molecule has 0 radical (unpaired) electrons. The molecule has 0 aromatic carbocycles. The highest BCUT2D eigenvalue weighted by molar-refractivity contribution is 5.82. The average molecular weight is 153 g/mol. The summed E-state index contributed by atoms with van der Waals surface area (Å²) in [5.41, 5.74) is 0. The minimum atomic E-state index is 0.374. The molecule has 3 aliphatic rings. The van der Waals surface area contributed by atoms with Crippen LogP contribution in [-0.2, 0) is 4.79 Å². The predicted octanol–water partition coefficient (Wildman–Crippen LogP) is 1.06. The van der Waals surface area contributed by atoms with Crippen molar-refractivity contribution >= 4 is 5.78 Å². The quantitative estimate of drug-likeness (QED) is 0.518. The molecule has 2 aliphatic heterocycles. The van der Waals surface area contributed by atoms with Crippen LogP contribution in [0.25, 0.3) is 0 Å². The molecule has 11 heavy (non-hydrogen) atoms. The lowest BCUT2D eigenvalue weighted by molar-refractivity contribution is -0.126. The van der Waals surface area contributed by atoms with Crippen molar-refractivity contribution in [2.75, 3.05) is 13.6 Å². The number of fused-ring (bicyclic) bond motifs is 4. The number of carbonyl (C=O) groups excluding carboxylic acids is 1. The third-order valence-corrected chi connectivity index (χ3v) is 3.11. The van der Waals surface area contributed by atoms with Gasteiger partial charge >= 0.3 is 0 Å². The monoisotopic (exact) mass is 153 g/mol. The molecule has 0 aromatic heterocycles. The lowest BCUT2D eigenvalue weighted by Gasteiger charge is -2.32. The normalized spacial score (nSPS) is 39.2. The van der Waals surface area contributed by atoms with Gasteiger partial charge in [0.05, 0.1) is 0 Å². The molecule has 3 rings (SSSR count). The number of nitrogens with zero attached hydrogens (tertiary/aromatic N) is 1. The summed E-state index contributed by atoms with van der Waals surface area (Å²) in [6.07, 6.45) is 4.45. The van der Waals surface area contributed by atoms with Gasteiger partial charge in [-0.05, 0) is 19.9 Å². The Hall–Kier alpha value is -0.370. The molecule has 0 spiro atoms. The molecule has 2 unspecified atom stereocenters. The summed E-state index contributed by atoms with van der Waals surface area (Å²) in [7, 11) is 2.15. The van der Waals surface area contributed by atoms with E-state index in [2.05, 4.69) is 11.9 Å². The van der Waals surface area contributed by atoms with E-state index in [-0.39, 0.29) is 0 Å². The third kappa shape index (κ3) is 1.20. The zero-order valence-corrected chi connectivity index (χ0v) is 7.05. The van der Waals surface area contributed by atoms with Crippen LogP contribution in [0.15, 0.2) is 0 Å². The first-order chi connectivity index (χ1) is 5.27. The highest BCUT2D eigenvalue weighted by Crippen LogP contribution is 2.29. The summed E-state index contributed by atoms with van der Waals surface area (Å²) in [5.74, 6) is 0.893. The smallest absolute Gasteiger partial charge is 0.138 e. The van der Waals surface area contributed by atoms with E-state index in [9.17, 15) is 4.79 Å². The number of piperidine rings is 1. The Morgan fingerprint density at radius 3 is 3.09 bits per heavy atom. The topological polar surface area (TPSA) is 20.3 Å². The van der Waals surface area contributed by atoms with Gasteiger partial charge < -0.3 is 4.90 Å². The van der Waals surface area contributed by atoms with Crippen molar-refractivity contribution in [3.63, 3.8) is 0 Å². The Morgan fingerprint density at radius 1 is 1.45 bits per heavy atom.